The van der Waals surface area contributed by atoms with Gasteiger partial charge >= 0.3 is 5.69 Å². The third-order valence-electron chi connectivity index (χ3n) is 3.52. The second-order valence-corrected chi connectivity index (χ2v) is 5.23. The average molecular weight is 294 g/mol. The van der Waals surface area contributed by atoms with Crippen LogP contribution in [0.15, 0.2) is 18.2 Å². The van der Waals surface area contributed by atoms with Crippen LogP contribution in [-0.2, 0) is 4.74 Å². The fraction of sp³-hybridized carbons (Fsp3) is 0.600. The molecule has 2 rings (SSSR count). The van der Waals surface area contributed by atoms with Crippen LogP contribution in [0.3, 0.4) is 0 Å². The van der Waals surface area contributed by atoms with Gasteiger partial charge in [-0.2, -0.15) is 0 Å². The number of ether oxygens (including phenoxy) is 2. The van der Waals surface area contributed by atoms with Crippen LogP contribution in [0.1, 0.15) is 26.2 Å². The van der Waals surface area contributed by atoms with Gasteiger partial charge in [0.15, 0.2) is 5.75 Å². The Morgan fingerprint density at radius 3 is 3.05 bits per heavy atom. The molecule has 1 aliphatic rings. The normalized spacial score (nSPS) is 17.7. The molecule has 6 nitrogen and oxygen atoms in total. The van der Waals surface area contributed by atoms with E-state index in [2.05, 4.69) is 5.32 Å². The number of nitro groups is 1. The largest absolute Gasteiger partial charge is 0.487 e. The number of anilines is 1. The molecule has 1 unspecified atom stereocenters. The molecule has 0 bridgehead atoms. The van der Waals surface area contributed by atoms with Crippen molar-refractivity contribution in [1.82, 2.24) is 0 Å². The van der Waals surface area contributed by atoms with E-state index >= 15 is 0 Å². The molecule has 0 saturated carbocycles. The summed E-state index contributed by atoms with van der Waals surface area (Å²) in [5, 5.41) is 14.3. The van der Waals surface area contributed by atoms with E-state index in [1.54, 1.807) is 12.1 Å². The van der Waals surface area contributed by atoms with Gasteiger partial charge < -0.3 is 14.8 Å². The summed E-state index contributed by atoms with van der Waals surface area (Å²) < 4.78 is 10.8. The highest BCUT2D eigenvalue weighted by atomic mass is 16.6. The van der Waals surface area contributed by atoms with Crippen LogP contribution in [0.5, 0.6) is 5.75 Å². The fourth-order valence-corrected chi connectivity index (χ4v) is 2.33. The molecule has 116 valence electrons. The number of nitrogens with zero attached hydrogens (tertiary/aromatic N) is 1. The van der Waals surface area contributed by atoms with Crippen LogP contribution in [0.25, 0.3) is 0 Å². The van der Waals surface area contributed by atoms with Crippen LogP contribution < -0.4 is 10.1 Å². The van der Waals surface area contributed by atoms with Crippen molar-refractivity contribution in [3.8, 4) is 5.75 Å². The molecule has 1 saturated heterocycles. The van der Waals surface area contributed by atoms with Crippen molar-refractivity contribution in [2.24, 2.45) is 5.92 Å². The van der Waals surface area contributed by atoms with Crippen LogP contribution in [0.2, 0.25) is 0 Å². The maximum Gasteiger partial charge on any atom is 0.311 e. The molecule has 0 aromatic heterocycles. The van der Waals surface area contributed by atoms with Crippen LogP contribution in [0, 0.1) is 16.0 Å². The van der Waals surface area contributed by atoms with Crippen molar-refractivity contribution >= 4 is 11.4 Å². The smallest absolute Gasteiger partial charge is 0.311 e. The lowest BCUT2D eigenvalue weighted by atomic mass is 10.1. The van der Waals surface area contributed by atoms with Crippen LogP contribution in [-0.4, -0.2) is 31.3 Å². The van der Waals surface area contributed by atoms with E-state index in [4.69, 9.17) is 9.47 Å². The molecule has 1 heterocycles. The van der Waals surface area contributed by atoms with Gasteiger partial charge in [0.25, 0.3) is 0 Å². The van der Waals surface area contributed by atoms with Gasteiger partial charge in [0, 0.05) is 37.6 Å². The second kappa shape index (κ2) is 7.83. The highest BCUT2D eigenvalue weighted by molar-refractivity contribution is 5.58. The lowest BCUT2D eigenvalue weighted by Crippen LogP contribution is -2.09. The van der Waals surface area contributed by atoms with Gasteiger partial charge in [-0.1, -0.05) is 6.92 Å². The summed E-state index contributed by atoms with van der Waals surface area (Å²) in [7, 11) is 0. The van der Waals surface area contributed by atoms with Crippen molar-refractivity contribution in [2.45, 2.75) is 26.2 Å². The molecular weight excluding hydrogens is 272 g/mol. The molecule has 1 aliphatic heterocycles. The van der Waals surface area contributed by atoms with Crippen LogP contribution >= 0.6 is 0 Å². The van der Waals surface area contributed by atoms with Crippen molar-refractivity contribution in [2.75, 3.05) is 31.7 Å². The predicted molar refractivity (Wildman–Crippen MR) is 80.9 cm³/mol. The zero-order valence-electron chi connectivity index (χ0n) is 12.3. The summed E-state index contributed by atoms with van der Waals surface area (Å²) in [6.45, 7) is 4.98. The Balaban J connectivity index is 1.93. The number of hydrogen-bond acceptors (Lipinski definition) is 5. The zero-order chi connectivity index (χ0) is 15.1. The van der Waals surface area contributed by atoms with Crippen LogP contribution in [0.4, 0.5) is 11.4 Å². The zero-order valence-corrected chi connectivity index (χ0v) is 12.3. The van der Waals surface area contributed by atoms with Crippen molar-refractivity contribution in [3.05, 3.63) is 28.3 Å². The Morgan fingerprint density at radius 2 is 2.38 bits per heavy atom. The highest BCUT2D eigenvalue weighted by Gasteiger charge is 2.17. The first-order chi connectivity index (χ1) is 10.2. The lowest BCUT2D eigenvalue weighted by molar-refractivity contribution is -0.385. The third kappa shape index (κ3) is 4.60. The summed E-state index contributed by atoms with van der Waals surface area (Å²) in [4.78, 5) is 10.6. The Bertz CT molecular complexity index is 473. The number of nitro benzene ring substituents is 1. The Kier molecular flexibility index (Phi) is 5.80. The maximum atomic E-state index is 11.0. The highest BCUT2D eigenvalue weighted by Crippen LogP contribution is 2.30. The van der Waals surface area contributed by atoms with E-state index in [0.29, 0.717) is 18.3 Å². The van der Waals surface area contributed by atoms with Gasteiger partial charge in [-0.3, -0.25) is 10.1 Å². The summed E-state index contributed by atoms with van der Waals surface area (Å²) in [6.07, 6.45) is 2.98. The molecule has 1 N–H and O–H groups in total. The molecule has 1 fully saturated rings. The average Bonchev–Trinajstić information content (AvgIpc) is 2.98. The van der Waals surface area contributed by atoms with E-state index in [1.807, 2.05) is 6.92 Å². The molecule has 1 aromatic rings. The van der Waals surface area contributed by atoms with Gasteiger partial charge in [-0.05, 0) is 31.2 Å². The Hall–Kier alpha value is -1.82. The van der Waals surface area contributed by atoms with Gasteiger partial charge in [0.05, 0.1) is 11.5 Å². The number of hydrogen-bond donors (Lipinski definition) is 1. The quantitative estimate of drug-likeness (QED) is 0.588. The van der Waals surface area contributed by atoms with E-state index in [1.165, 1.54) is 6.07 Å². The molecule has 1 atom stereocenters. The monoisotopic (exact) mass is 294 g/mol. The first-order valence-corrected chi connectivity index (χ1v) is 7.43. The van der Waals surface area contributed by atoms with E-state index in [0.717, 1.165) is 44.7 Å². The number of nitrogens with one attached hydrogen (secondary N) is 1. The van der Waals surface area contributed by atoms with Gasteiger partial charge in [0.2, 0.25) is 0 Å². The summed E-state index contributed by atoms with van der Waals surface area (Å²) in [6, 6.07) is 4.92. The van der Waals surface area contributed by atoms with Gasteiger partial charge in [-0.25, -0.2) is 0 Å². The summed E-state index contributed by atoms with van der Waals surface area (Å²) >= 11 is 0. The van der Waals surface area contributed by atoms with E-state index in [9.17, 15) is 10.1 Å². The van der Waals surface area contributed by atoms with Crippen molar-refractivity contribution < 1.29 is 14.4 Å². The number of rotatable bonds is 8. The molecule has 0 spiro atoms. The van der Waals surface area contributed by atoms with E-state index in [-0.39, 0.29) is 5.69 Å². The maximum absolute atomic E-state index is 11.0. The fourth-order valence-electron chi connectivity index (χ4n) is 2.33. The second-order valence-electron chi connectivity index (χ2n) is 5.23. The third-order valence-corrected chi connectivity index (χ3v) is 3.52. The molecule has 21 heavy (non-hydrogen) atoms. The topological polar surface area (TPSA) is 73.6 Å². The minimum Gasteiger partial charge on any atom is -0.487 e. The molecule has 1 aromatic carbocycles. The predicted octanol–water partition coefficient (Wildman–Crippen LogP) is 3.22. The Labute approximate surface area is 124 Å². The molecular formula is C15H22N2O4. The lowest BCUT2D eigenvalue weighted by Gasteiger charge is -2.11. The molecule has 0 amide bonds. The van der Waals surface area contributed by atoms with Gasteiger partial charge in [-0.15, -0.1) is 0 Å². The summed E-state index contributed by atoms with van der Waals surface area (Å²) in [5.41, 5.74) is 0.865. The summed E-state index contributed by atoms with van der Waals surface area (Å²) in [5.74, 6) is 0.947. The van der Waals surface area contributed by atoms with Gasteiger partial charge in [0.1, 0.15) is 0 Å². The first-order valence-electron chi connectivity index (χ1n) is 7.43. The number of benzene rings is 1. The Morgan fingerprint density at radius 1 is 1.52 bits per heavy atom. The molecule has 0 aliphatic carbocycles. The van der Waals surface area contributed by atoms with E-state index < -0.39 is 4.92 Å². The molecule has 6 heteroatoms. The van der Waals surface area contributed by atoms with Crippen molar-refractivity contribution in [3.63, 3.8) is 0 Å². The van der Waals surface area contributed by atoms with Crippen molar-refractivity contribution in [1.29, 1.82) is 0 Å². The minimum absolute atomic E-state index is 0.0122. The molecule has 0 radical (unpaired) electrons. The first kappa shape index (κ1) is 15.6. The standard InChI is InChI=1S/C15H22N2O4/c1-2-8-21-15-10-13(3-4-14(15)17(18)19)16-7-5-12-6-9-20-11-12/h3-4,10,12,16H,2,5-9,11H2,1H3. The minimum atomic E-state index is -0.412. The SMILES string of the molecule is CCCOc1cc(NCCC2CCOC2)ccc1[N+](=O)[O-].